The summed E-state index contributed by atoms with van der Waals surface area (Å²) in [6.07, 6.45) is 3.44. The molecule has 1 amide bonds. The molecule has 98 valence electrons. The summed E-state index contributed by atoms with van der Waals surface area (Å²) < 4.78 is 0. The molecule has 3 nitrogen and oxygen atoms in total. The lowest BCUT2D eigenvalue weighted by Gasteiger charge is -2.13. The van der Waals surface area contributed by atoms with Crippen molar-refractivity contribution in [2.75, 3.05) is 5.32 Å². The molecule has 3 heteroatoms. The second-order valence-corrected chi connectivity index (χ2v) is 4.88. The predicted octanol–water partition coefficient (Wildman–Crippen LogP) is 3.65. The Kier molecular flexibility index (Phi) is 3.95. The number of hydrogen-bond acceptors (Lipinski definition) is 2. The van der Waals surface area contributed by atoms with Crippen LogP contribution >= 0.6 is 0 Å². The number of carbonyl (C=O) groups is 1. The highest BCUT2D eigenvalue weighted by atomic mass is 16.1. The summed E-state index contributed by atoms with van der Waals surface area (Å²) in [4.78, 5) is 15.9. The zero-order valence-electron chi connectivity index (χ0n) is 11.5. The minimum Gasteiger partial charge on any atom is -0.324 e. The van der Waals surface area contributed by atoms with Gasteiger partial charge in [-0.15, -0.1) is 0 Å². The smallest absolute Gasteiger partial charge is 0.226 e. The maximum atomic E-state index is 11.8. The molecule has 1 aromatic heterocycles. The number of hydrogen-bond donors (Lipinski definition) is 1. The Morgan fingerprint density at radius 1 is 1.16 bits per heavy atom. The molecule has 0 radical (unpaired) electrons. The fourth-order valence-corrected chi connectivity index (χ4v) is 1.88. The van der Waals surface area contributed by atoms with E-state index >= 15 is 0 Å². The molecule has 0 unspecified atom stereocenters. The van der Waals surface area contributed by atoms with Crippen molar-refractivity contribution in [2.24, 2.45) is 5.92 Å². The Morgan fingerprint density at radius 3 is 2.58 bits per heavy atom. The number of nitrogens with zero attached hydrogens (tertiary/aromatic N) is 1. The predicted molar refractivity (Wildman–Crippen MR) is 77.9 cm³/mol. The van der Waals surface area contributed by atoms with E-state index in [-0.39, 0.29) is 11.8 Å². The van der Waals surface area contributed by atoms with Crippen LogP contribution in [-0.2, 0) is 4.79 Å². The van der Waals surface area contributed by atoms with Crippen LogP contribution < -0.4 is 5.32 Å². The van der Waals surface area contributed by atoms with Gasteiger partial charge >= 0.3 is 0 Å². The molecule has 0 bridgehead atoms. The van der Waals surface area contributed by atoms with Crippen molar-refractivity contribution in [2.45, 2.75) is 20.8 Å². The number of nitrogens with one attached hydrogen (secondary N) is 1. The van der Waals surface area contributed by atoms with Crippen molar-refractivity contribution in [3.8, 4) is 11.1 Å². The third-order valence-corrected chi connectivity index (χ3v) is 3.04. The van der Waals surface area contributed by atoms with E-state index in [9.17, 15) is 4.79 Å². The molecule has 1 aromatic carbocycles. The molecule has 0 atom stereocenters. The van der Waals surface area contributed by atoms with E-state index in [1.165, 1.54) is 5.56 Å². The number of aryl methyl sites for hydroxylation is 1. The van der Waals surface area contributed by atoms with Crippen molar-refractivity contribution < 1.29 is 4.79 Å². The van der Waals surface area contributed by atoms with Gasteiger partial charge in [-0.2, -0.15) is 0 Å². The Labute approximate surface area is 113 Å². The maximum absolute atomic E-state index is 11.8. The molecule has 1 heterocycles. The SMILES string of the molecule is Cc1ccccc1-c1ccncc1NC(=O)C(C)C. The van der Waals surface area contributed by atoms with Gasteiger partial charge in [0.1, 0.15) is 0 Å². The highest BCUT2D eigenvalue weighted by Gasteiger charge is 2.12. The van der Waals surface area contributed by atoms with E-state index in [1.807, 2.05) is 32.0 Å². The third-order valence-electron chi connectivity index (χ3n) is 3.04. The van der Waals surface area contributed by atoms with Gasteiger partial charge in [0.15, 0.2) is 0 Å². The monoisotopic (exact) mass is 254 g/mol. The van der Waals surface area contributed by atoms with Crippen LogP contribution in [0.4, 0.5) is 5.69 Å². The van der Waals surface area contributed by atoms with Crippen molar-refractivity contribution in [1.82, 2.24) is 4.98 Å². The molecule has 19 heavy (non-hydrogen) atoms. The van der Waals surface area contributed by atoms with Gasteiger partial charge in [0.25, 0.3) is 0 Å². The van der Waals surface area contributed by atoms with E-state index in [0.29, 0.717) is 0 Å². The summed E-state index contributed by atoms with van der Waals surface area (Å²) >= 11 is 0. The first-order valence-electron chi connectivity index (χ1n) is 6.40. The molecule has 0 aliphatic heterocycles. The van der Waals surface area contributed by atoms with Crippen LogP contribution in [0.3, 0.4) is 0 Å². The van der Waals surface area contributed by atoms with Gasteiger partial charge in [-0.3, -0.25) is 9.78 Å². The fourth-order valence-electron chi connectivity index (χ4n) is 1.88. The van der Waals surface area contributed by atoms with Crippen LogP contribution in [0.1, 0.15) is 19.4 Å². The maximum Gasteiger partial charge on any atom is 0.226 e. The van der Waals surface area contributed by atoms with Gasteiger partial charge < -0.3 is 5.32 Å². The molecule has 0 saturated heterocycles. The molecule has 0 fully saturated rings. The molecular weight excluding hydrogens is 236 g/mol. The molecular formula is C16H18N2O. The van der Waals surface area contributed by atoms with Gasteiger partial charge in [-0.05, 0) is 24.1 Å². The van der Waals surface area contributed by atoms with Crippen molar-refractivity contribution >= 4 is 11.6 Å². The van der Waals surface area contributed by atoms with Gasteiger partial charge in [-0.1, -0.05) is 38.1 Å². The molecule has 2 rings (SSSR count). The number of carbonyl (C=O) groups excluding carboxylic acids is 1. The minimum absolute atomic E-state index is 0.00262. The lowest BCUT2D eigenvalue weighted by Crippen LogP contribution is -2.18. The first-order valence-corrected chi connectivity index (χ1v) is 6.40. The average molecular weight is 254 g/mol. The molecule has 0 saturated carbocycles. The van der Waals surface area contributed by atoms with Crippen LogP contribution in [0.2, 0.25) is 0 Å². The first-order chi connectivity index (χ1) is 9.09. The van der Waals surface area contributed by atoms with Crippen LogP contribution in [0.25, 0.3) is 11.1 Å². The number of benzene rings is 1. The zero-order chi connectivity index (χ0) is 13.8. The average Bonchev–Trinajstić information content (AvgIpc) is 2.40. The van der Waals surface area contributed by atoms with E-state index in [0.717, 1.165) is 16.8 Å². The molecule has 0 spiro atoms. The summed E-state index contributed by atoms with van der Waals surface area (Å²) in [5.41, 5.74) is 4.05. The van der Waals surface area contributed by atoms with Crippen LogP contribution in [0, 0.1) is 12.8 Å². The second kappa shape index (κ2) is 5.65. The van der Waals surface area contributed by atoms with Crippen molar-refractivity contribution in [1.29, 1.82) is 0 Å². The summed E-state index contributed by atoms with van der Waals surface area (Å²) in [7, 11) is 0. The number of anilines is 1. The topological polar surface area (TPSA) is 42.0 Å². The molecule has 0 aliphatic rings. The lowest BCUT2D eigenvalue weighted by molar-refractivity contribution is -0.118. The highest BCUT2D eigenvalue weighted by Crippen LogP contribution is 2.29. The lowest BCUT2D eigenvalue weighted by atomic mass is 10.00. The minimum atomic E-state index is -0.0510. The van der Waals surface area contributed by atoms with E-state index in [2.05, 4.69) is 29.4 Å². The number of rotatable bonds is 3. The Morgan fingerprint density at radius 2 is 1.89 bits per heavy atom. The Hall–Kier alpha value is -2.16. The fraction of sp³-hybridized carbons (Fsp3) is 0.250. The normalized spacial score (nSPS) is 10.5. The quantitative estimate of drug-likeness (QED) is 0.908. The van der Waals surface area contributed by atoms with E-state index in [4.69, 9.17) is 0 Å². The molecule has 0 aliphatic carbocycles. The van der Waals surface area contributed by atoms with Crippen LogP contribution in [0.15, 0.2) is 42.7 Å². The third kappa shape index (κ3) is 2.99. The van der Waals surface area contributed by atoms with Crippen LogP contribution in [-0.4, -0.2) is 10.9 Å². The van der Waals surface area contributed by atoms with Crippen LogP contribution in [0.5, 0.6) is 0 Å². The first kappa shape index (κ1) is 13.3. The second-order valence-electron chi connectivity index (χ2n) is 4.88. The summed E-state index contributed by atoms with van der Waals surface area (Å²) in [6, 6.07) is 10.0. The van der Waals surface area contributed by atoms with Gasteiger partial charge in [0, 0.05) is 17.7 Å². The summed E-state index contributed by atoms with van der Waals surface area (Å²) in [5.74, 6) is -0.0484. The largest absolute Gasteiger partial charge is 0.324 e. The van der Waals surface area contributed by atoms with Gasteiger partial charge in [0.2, 0.25) is 5.91 Å². The van der Waals surface area contributed by atoms with Crippen molar-refractivity contribution in [3.05, 3.63) is 48.3 Å². The Balaban J connectivity index is 2.42. The highest BCUT2D eigenvalue weighted by molar-refractivity contribution is 5.96. The molecule has 1 N–H and O–H groups in total. The van der Waals surface area contributed by atoms with Gasteiger partial charge in [-0.25, -0.2) is 0 Å². The zero-order valence-corrected chi connectivity index (χ0v) is 11.5. The standard InChI is InChI=1S/C16H18N2O/c1-11(2)16(19)18-15-10-17-9-8-14(15)13-7-5-4-6-12(13)3/h4-11H,1-3H3,(H,18,19). The summed E-state index contributed by atoms with van der Waals surface area (Å²) in [5, 5.41) is 2.93. The Bertz CT molecular complexity index is 591. The number of pyridine rings is 1. The molecule has 2 aromatic rings. The van der Waals surface area contributed by atoms with Crippen molar-refractivity contribution in [3.63, 3.8) is 0 Å². The number of aromatic nitrogens is 1. The summed E-state index contributed by atoms with van der Waals surface area (Å²) in [6.45, 7) is 5.81. The van der Waals surface area contributed by atoms with E-state index in [1.54, 1.807) is 12.4 Å². The van der Waals surface area contributed by atoms with Gasteiger partial charge in [0.05, 0.1) is 11.9 Å². The number of amides is 1. The van der Waals surface area contributed by atoms with E-state index < -0.39 is 0 Å².